The van der Waals surface area contributed by atoms with Crippen LogP contribution in [-0.2, 0) is 11.3 Å². The summed E-state index contributed by atoms with van der Waals surface area (Å²) in [7, 11) is 0. The summed E-state index contributed by atoms with van der Waals surface area (Å²) in [5.41, 5.74) is 0.826. The largest absolute Gasteiger partial charge is 0.481 e. The molecule has 0 radical (unpaired) electrons. The highest BCUT2D eigenvalue weighted by molar-refractivity contribution is 7.13. The van der Waals surface area contributed by atoms with Gasteiger partial charge in [0, 0.05) is 25.2 Å². The normalized spacial score (nSPS) is 11.4. The fraction of sp³-hybridized carbons (Fsp3) is 0.429. The number of nitrogens with zero attached hydrogens (tertiary/aromatic N) is 2. The topological polar surface area (TPSA) is 66.6 Å². The van der Waals surface area contributed by atoms with Crippen LogP contribution in [0.2, 0.25) is 0 Å². The van der Waals surface area contributed by atoms with Crippen molar-refractivity contribution in [1.29, 1.82) is 0 Å². The molecule has 6 heteroatoms. The summed E-state index contributed by atoms with van der Waals surface area (Å²) in [5, 5.41) is 14.8. The van der Waals surface area contributed by atoms with Crippen LogP contribution in [-0.4, -0.2) is 33.7 Å². The van der Waals surface area contributed by atoms with Gasteiger partial charge in [0.25, 0.3) is 0 Å². The van der Waals surface area contributed by atoms with Gasteiger partial charge in [-0.3, -0.25) is 9.69 Å². The number of aliphatic carboxylic acids is 1. The van der Waals surface area contributed by atoms with Crippen molar-refractivity contribution in [2.75, 3.05) is 6.54 Å². The molecule has 2 aromatic rings. The van der Waals surface area contributed by atoms with Crippen molar-refractivity contribution in [2.45, 2.75) is 32.9 Å². The predicted octanol–water partition coefficient (Wildman–Crippen LogP) is 3.09. The van der Waals surface area contributed by atoms with Crippen molar-refractivity contribution in [3.8, 4) is 10.6 Å². The molecule has 1 N–H and O–H groups in total. The average molecular weight is 294 g/mol. The molecule has 0 atom stereocenters. The molecule has 0 amide bonds. The first-order chi connectivity index (χ1) is 9.56. The van der Waals surface area contributed by atoms with Gasteiger partial charge >= 0.3 is 5.97 Å². The number of hydrogen-bond acceptors (Lipinski definition) is 5. The van der Waals surface area contributed by atoms with E-state index in [-0.39, 0.29) is 12.5 Å². The van der Waals surface area contributed by atoms with Gasteiger partial charge in [-0.2, -0.15) is 0 Å². The minimum absolute atomic E-state index is 0.133. The highest BCUT2D eigenvalue weighted by Gasteiger charge is 2.15. The summed E-state index contributed by atoms with van der Waals surface area (Å²) in [5.74, 6) is -0.0213. The lowest BCUT2D eigenvalue weighted by molar-refractivity contribution is -0.137. The van der Waals surface area contributed by atoms with E-state index in [1.807, 2.05) is 37.4 Å². The van der Waals surface area contributed by atoms with E-state index in [0.717, 1.165) is 16.3 Å². The zero-order valence-corrected chi connectivity index (χ0v) is 12.4. The van der Waals surface area contributed by atoms with Gasteiger partial charge in [-0.05, 0) is 25.3 Å². The molecule has 2 rings (SSSR count). The standard InChI is InChI=1S/C14H18N2O3S/c1-10(2)16(6-5-14(17)18)9-11-8-12(19-15-11)13-4-3-7-20-13/h3-4,7-8,10H,5-6,9H2,1-2H3,(H,17,18). The van der Waals surface area contributed by atoms with Crippen LogP contribution in [0.3, 0.4) is 0 Å². The lowest BCUT2D eigenvalue weighted by Gasteiger charge is -2.24. The lowest BCUT2D eigenvalue weighted by Crippen LogP contribution is -2.32. The van der Waals surface area contributed by atoms with E-state index in [1.165, 1.54) is 0 Å². The Morgan fingerprint density at radius 1 is 1.55 bits per heavy atom. The summed E-state index contributed by atoms with van der Waals surface area (Å²) in [6, 6.07) is 6.13. The monoisotopic (exact) mass is 294 g/mol. The third-order valence-corrected chi connectivity index (χ3v) is 3.92. The molecule has 0 saturated carbocycles. The zero-order chi connectivity index (χ0) is 14.5. The number of carboxylic acids is 1. The zero-order valence-electron chi connectivity index (χ0n) is 11.6. The minimum Gasteiger partial charge on any atom is -0.481 e. The molecule has 0 spiro atoms. The molecule has 0 bridgehead atoms. The van der Waals surface area contributed by atoms with E-state index in [2.05, 4.69) is 10.1 Å². The van der Waals surface area contributed by atoms with Crippen molar-refractivity contribution >= 4 is 17.3 Å². The van der Waals surface area contributed by atoms with E-state index < -0.39 is 5.97 Å². The molecular weight excluding hydrogens is 276 g/mol. The highest BCUT2D eigenvalue weighted by atomic mass is 32.1. The van der Waals surface area contributed by atoms with Crippen LogP contribution in [0.4, 0.5) is 0 Å². The quantitative estimate of drug-likeness (QED) is 0.850. The van der Waals surface area contributed by atoms with E-state index in [1.54, 1.807) is 11.3 Å². The first-order valence-corrected chi connectivity index (χ1v) is 7.39. The molecule has 0 aromatic carbocycles. The summed E-state index contributed by atoms with van der Waals surface area (Å²) in [6.45, 7) is 5.19. The van der Waals surface area contributed by atoms with Gasteiger partial charge in [-0.1, -0.05) is 11.2 Å². The molecule has 2 aromatic heterocycles. The van der Waals surface area contributed by atoms with Gasteiger partial charge in [0.1, 0.15) is 0 Å². The van der Waals surface area contributed by atoms with E-state index >= 15 is 0 Å². The van der Waals surface area contributed by atoms with Crippen molar-refractivity contribution in [1.82, 2.24) is 10.1 Å². The third kappa shape index (κ3) is 3.91. The van der Waals surface area contributed by atoms with Crippen molar-refractivity contribution < 1.29 is 14.4 Å². The van der Waals surface area contributed by atoms with Crippen molar-refractivity contribution in [3.63, 3.8) is 0 Å². The SMILES string of the molecule is CC(C)N(CCC(=O)O)Cc1cc(-c2cccs2)on1. The molecule has 0 unspecified atom stereocenters. The number of hydrogen-bond donors (Lipinski definition) is 1. The number of thiophene rings is 1. The van der Waals surface area contributed by atoms with Gasteiger partial charge < -0.3 is 9.63 Å². The van der Waals surface area contributed by atoms with Crippen LogP contribution in [0.5, 0.6) is 0 Å². The summed E-state index contributed by atoms with van der Waals surface area (Å²) >= 11 is 1.60. The second kappa shape index (κ2) is 6.67. The molecule has 5 nitrogen and oxygen atoms in total. The van der Waals surface area contributed by atoms with E-state index in [9.17, 15) is 4.79 Å². The van der Waals surface area contributed by atoms with Crippen LogP contribution >= 0.6 is 11.3 Å². The molecule has 0 fully saturated rings. The Labute approximate surface area is 121 Å². The Bertz CT molecular complexity index is 549. The molecular formula is C14H18N2O3S. The van der Waals surface area contributed by atoms with Gasteiger partial charge in [-0.25, -0.2) is 0 Å². The van der Waals surface area contributed by atoms with Crippen LogP contribution < -0.4 is 0 Å². The second-order valence-electron chi connectivity index (χ2n) is 4.87. The molecule has 0 aliphatic rings. The Morgan fingerprint density at radius 3 is 2.95 bits per heavy atom. The molecule has 0 saturated heterocycles. The van der Waals surface area contributed by atoms with Gasteiger partial charge in [0.15, 0.2) is 5.76 Å². The minimum atomic E-state index is -0.782. The Balaban J connectivity index is 2.01. The fourth-order valence-corrected chi connectivity index (χ4v) is 2.56. The Kier molecular flexibility index (Phi) is 4.92. The highest BCUT2D eigenvalue weighted by Crippen LogP contribution is 2.25. The van der Waals surface area contributed by atoms with E-state index in [4.69, 9.17) is 9.63 Å². The van der Waals surface area contributed by atoms with Gasteiger partial charge in [-0.15, -0.1) is 11.3 Å². The predicted molar refractivity (Wildman–Crippen MR) is 77.6 cm³/mol. The van der Waals surface area contributed by atoms with Crippen molar-refractivity contribution in [3.05, 3.63) is 29.3 Å². The average Bonchev–Trinajstić information content (AvgIpc) is 3.04. The fourth-order valence-electron chi connectivity index (χ4n) is 1.89. The molecule has 0 aliphatic heterocycles. The van der Waals surface area contributed by atoms with Crippen LogP contribution in [0.15, 0.2) is 28.1 Å². The molecule has 2 heterocycles. The Hall–Kier alpha value is -1.66. The molecule has 0 aliphatic carbocycles. The maximum atomic E-state index is 10.7. The van der Waals surface area contributed by atoms with Crippen LogP contribution in [0.1, 0.15) is 26.0 Å². The Morgan fingerprint density at radius 2 is 2.35 bits per heavy atom. The first kappa shape index (κ1) is 14.7. The first-order valence-electron chi connectivity index (χ1n) is 6.51. The lowest BCUT2D eigenvalue weighted by atomic mass is 10.2. The number of carboxylic acid groups (broad SMARTS) is 1. The van der Waals surface area contributed by atoms with Gasteiger partial charge in [0.2, 0.25) is 0 Å². The van der Waals surface area contributed by atoms with Crippen LogP contribution in [0, 0.1) is 0 Å². The molecule has 108 valence electrons. The maximum Gasteiger partial charge on any atom is 0.304 e. The smallest absolute Gasteiger partial charge is 0.304 e. The van der Waals surface area contributed by atoms with E-state index in [0.29, 0.717) is 13.1 Å². The molecule has 20 heavy (non-hydrogen) atoms. The number of carbonyl (C=O) groups is 1. The summed E-state index contributed by atoms with van der Waals surface area (Å²) in [6.07, 6.45) is 0.133. The third-order valence-electron chi connectivity index (χ3n) is 3.03. The van der Waals surface area contributed by atoms with Gasteiger partial charge in [0.05, 0.1) is 17.0 Å². The summed E-state index contributed by atoms with van der Waals surface area (Å²) < 4.78 is 5.33. The number of aromatic nitrogens is 1. The summed E-state index contributed by atoms with van der Waals surface area (Å²) in [4.78, 5) is 13.8. The maximum absolute atomic E-state index is 10.7. The van der Waals surface area contributed by atoms with Crippen LogP contribution in [0.25, 0.3) is 10.6 Å². The second-order valence-corrected chi connectivity index (χ2v) is 5.82. The number of rotatable bonds is 7. The van der Waals surface area contributed by atoms with Crippen molar-refractivity contribution in [2.24, 2.45) is 0 Å².